The Hall–Kier alpha value is -1.50. The molecule has 1 aromatic heterocycles. The average Bonchev–Trinajstić information content (AvgIpc) is 2.69. The molecule has 3 N–H and O–H groups in total. The lowest BCUT2D eigenvalue weighted by molar-refractivity contribution is -0.122. The van der Waals surface area contributed by atoms with Gasteiger partial charge in [0.25, 0.3) is 0 Å². The molecule has 0 aliphatic rings. The first-order chi connectivity index (χ1) is 7.11. The molecule has 0 saturated heterocycles. The minimum absolute atomic E-state index is 0.187. The monoisotopic (exact) mass is 228 g/mol. The minimum Gasteiger partial charge on any atom is -0.393 e. The normalized spacial score (nSPS) is 12.1. The van der Waals surface area contributed by atoms with Crippen LogP contribution in [0.4, 0.5) is 0 Å². The molecule has 0 spiro atoms. The molecule has 0 saturated carbocycles. The molecule has 0 aliphatic heterocycles. The van der Waals surface area contributed by atoms with E-state index in [1.54, 1.807) is 6.92 Å². The van der Waals surface area contributed by atoms with Gasteiger partial charge in [-0.05, 0) is 6.92 Å². The van der Waals surface area contributed by atoms with E-state index in [0.29, 0.717) is 18.8 Å². The molecule has 6 nitrogen and oxygen atoms in total. The number of nitrogens with one attached hydrogen (secondary N) is 1. The highest BCUT2D eigenvalue weighted by molar-refractivity contribution is 7.80. The van der Waals surface area contributed by atoms with Gasteiger partial charge in [0, 0.05) is 13.0 Å². The number of aromatic nitrogens is 2. The molecule has 1 amide bonds. The lowest BCUT2D eigenvalue weighted by Crippen LogP contribution is -2.37. The molecule has 82 valence electrons. The van der Waals surface area contributed by atoms with Crippen LogP contribution in [0.2, 0.25) is 0 Å². The summed E-state index contributed by atoms with van der Waals surface area (Å²) >= 11 is 4.70. The first-order valence-electron chi connectivity index (χ1n) is 4.43. The first-order valence-corrected chi connectivity index (χ1v) is 4.84. The summed E-state index contributed by atoms with van der Waals surface area (Å²) in [5.41, 5.74) is 5.33. The molecule has 0 radical (unpaired) electrons. The van der Waals surface area contributed by atoms with Crippen LogP contribution in [-0.2, 0) is 11.2 Å². The Morgan fingerprint density at radius 2 is 2.53 bits per heavy atom. The molecule has 0 aromatic carbocycles. The second-order valence-corrected chi connectivity index (χ2v) is 3.48. The Kier molecular flexibility index (Phi) is 4.17. The molecule has 1 heterocycles. The fraction of sp³-hybridized carbons (Fsp3) is 0.500. The number of hydrogen-bond donors (Lipinski definition) is 2. The van der Waals surface area contributed by atoms with Gasteiger partial charge in [0.2, 0.25) is 12.3 Å². The SMILES string of the molecule is CC(C(=O)NCCc1ncon1)C(N)=S. The van der Waals surface area contributed by atoms with Crippen LogP contribution in [0.3, 0.4) is 0 Å². The van der Waals surface area contributed by atoms with Gasteiger partial charge >= 0.3 is 0 Å². The molecule has 1 rings (SSSR count). The smallest absolute Gasteiger partial charge is 0.229 e. The summed E-state index contributed by atoms with van der Waals surface area (Å²) in [5, 5.41) is 6.28. The highest BCUT2D eigenvalue weighted by atomic mass is 32.1. The minimum atomic E-state index is -0.453. The van der Waals surface area contributed by atoms with Crippen LogP contribution in [0.25, 0.3) is 0 Å². The van der Waals surface area contributed by atoms with E-state index >= 15 is 0 Å². The predicted molar refractivity (Wildman–Crippen MR) is 57.0 cm³/mol. The number of hydrogen-bond acceptors (Lipinski definition) is 5. The van der Waals surface area contributed by atoms with Crippen molar-refractivity contribution in [3.63, 3.8) is 0 Å². The molecule has 15 heavy (non-hydrogen) atoms. The third-order valence-electron chi connectivity index (χ3n) is 1.87. The Labute approximate surface area is 92.2 Å². The van der Waals surface area contributed by atoms with Crippen LogP contribution in [0, 0.1) is 5.92 Å². The van der Waals surface area contributed by atoms with E-state index < -0.39 is 5.92 Å². The maximum Gasteiger partial charge on any atom is 0.229 e. The second kappa shape index (κ2) is 5.40. The number of rotatable bonds is 5. The topological polar surface area (TPSA) is 94.0 Å². The van der Waals surface area contributed by atoms with Crippen molar-refractivity contribution in [2.24, 2.45) is 11.7 Å². The molecule has 0 fully saturated rings. The molecule has 0 aliphatic carbocycles. The van der Waals surface area contributed by atoms with Crippen molar-refractivity contribution >= 4 is 23.1 Å². The highest BCUT2D eigenvalue weighted by Gasteiger charge is 2.14. The van der Waals surface area contributed by atoms with Crippen molar-refractivity contribution in [1.82, 2.24) is 15.5 Å². The number of thiocarbonyl (C=S) groups is 1. The first kappa shape index (κ1) is 11.6. The Morgan fingerprint density at radius 1 is 1.80 bits per heavy atom. The van der Waals surface area contributed by atoms with Crippen molar-refractivity contribution in [1.29, 1.82) is 0 Å². The van der Waals surface area contributed by atoms with Crippen LogP contribution in [0.5, 0.6) is 0 Å². The standard InChI is InChI=1S/C8H12N4O2S/c1-5(7(9)15)8(13)10-3-2-6-11-4-14-12-6/h4-5H,2-3H2,1H3,(H2,9,15)(H,10,13). The van der Waals surface area contributed by atoms with Gasteiger partial charge in [-0.15, -0.1) is 0 Å². The Bertz CT molecular complexity index is 338. The Balaban J connectivity index is 2.26. The molecule has 7 heteroatoms. The van der Waals surface area contributed by atoms with Gasteiger partial charge in [-0.1, -0.05) is 17.4 Å². The number of carbonyl (C=O) groups is 1. The van der Waals surface area contributed by atoms with Crippen molar-refractivity contribution in [2.75, 3.05) is 6.54 Å². The average molecular weight is 228 g/mol. The van der Waals surface area contributed by atoms with E-state index in [-0.39, 0.29) is 10.9 Å². The third kappa shape index (κ3) is 3.62. The van der Waals surface area contributed by atoms with Gasteiger partial charge in [0.05, 0.1) is 10.9 Å². The van der Waals surface area contributed by atoms with E-state index in [0.717, 1.165) is 0 Å². The molecule has 1 unspecified atom stereocenters. The van der Waals surface area contributed by atoms with E-state index in [2.05, 4.69) is 20.0 Å². The van der Waals surface area contributed by atoms with Gasteiger partial charge in [0.15, 0.2) is 5.82 Å². The molecule has 0 bridgehead atoms. The number of amides is 1. The summed E-state index contributed by atoms with van der Waals surface area (Å²) in [5.74, 6) is -0.0884. The number of nitrogens with zero attached hydrogens (tertiary/aromatic N) is 2. The second-order valence-electron chi connectivity index (χ2n) is 3.01. The highest BCUT2D eigenvalue weighted by Crippen LogP contribution is 1.95. The fourth-order valence-electron chi connectivity index (χ4n) is 0.882. The van der Waals surface area contributed by atoms with Crippen LogP contribution in [0.15, 0.2) is 10.9 Å². The molecular formula is C8H12N4O2S. The maximum absolute atomic E-state index is 11.4. The zero-order valence-corrected chi connectivity index (χ0v) is 9.08. The van der Waals surface area contributed by atoms with Crippen LogP contribution in [0.1, 0.15) is 12.7 Å². The molecule has 1 aromatic rings. The van der Waals surface area contributed by atoms with Gasteiger partial charge in [0.1, 0.15) is 0 Å². The van der Waals surface area contributed by atoms with E-state index in [1.165, 1.54) is 6.39 Å². The molecular weight excluding hydrogens is 216 g/mol. The summed E-state index contributed by atoms with van der Waals surface area (Å²) in [7, 11) is 0. The van der Waals surface area contributed by atoms with Crippen LogP contribution in [-0.4, -0.2) is 27.6 Å². The summed E-state index contributed by atoms with van der Waals surface area (Å²) in [4.78, 5) is 15.4. The van der Waals surface area contributed by atoms with Crippen LogP contribution >= 0.6 is 12.2 Å². The number of carbonyl (C=O) groups excluding carboxylic acids is 1. The predicted octanol–water partition coefficient (Wildman–Crippen LogP) is -0.350. The van der Waals surface area contributed by atoms with Crippen molar-refractivity contribution in [2.45, 2.75) is 13.3 Å². The summed E-state index contributed by atoms with van der Waals surface area (Å²) < 4.78 is 4.54. The summed E-state index contributed by atoms with van der Waals surface area (Å²) in [6.07, 6.45) is 1.76. The summed E-state index contributed by atoms with van der Waals surface area (Å²) in [6.45, 7) is 2.09. The van der Waals surface area contributed by atoms with E-state index in [1.807, 2.05) is 0 Å². The van der Waals surface area contributed by atoms with Crippen LogP contribution < -0.4 is 11.1 Å². The lowest BCUT2D eigenvalue weighted by Gasteiger charge is -2.09. The largest absolute Gasteiger partial charge is 0.393 e. The third-order valence-corrected chi connectivity index (χ3v) is 2.23. The van der Waals surface area contributed by atoms with Gasteiger partial charge in [-0.25, -0.2) is 0 Å². The van der Waals surface area contributed by atoms with Gasteiger partial charge < -0.3 is 15.6 Å². The summed E-state index contributed by atoms with van der Waals surface area (Å²) in [6, 6.07) is 0. The maximum atomic E-state index is 11.4. The zero-order chi connectivity index (χ0) is 11.3. The quantitative estimate of drug-likeness (QED) is 0.669. The van der Waals surface area contributed by atoms with Crippen molar-refractivity contribution in [3.05, 3.63) is 12.2 Å². The van der Waals surface area contributed by atoms with E-state index in [9.17, 15) is 4.79 Å². The molecule has 1 atom stereocenters. The van der Waals surface area contributed by atoms with E-state index in [4.69, 9.17) is 18.0 Å². The number of nitrogens with two attached hydrogens (primary N) is 1. The van der Waals surface area contributed by atoms with Crippen molar-refractivity contribution < 1.29 is 9.32 Å². The Morgan fingerprint density at radius 3 is 3.07 bits per heavy atom. The fourth-order valence-corrected chi connectivity index (χ4v) is 0.989. The zero-order valence-electron chi connectivity index (χ0n) is 8.27. The van der Waals surface area contributed by atoms with Gasteiger partial charge in [-0.3, -0.25) is 4.79 Å². The lowest BCUT2D eigenvalue weighted by atomic mass is 10.1. The van der Waals surface area contributed by atoms with Crippen molar-refractivity contribution in [3.8, 4) is 0 Å². The van der Waals surface area contributed by atoms with Gasteiger partial charge in [-0.2, -0.15) is 4.98 Å².